The van der Waals surface area contributed by atoms with Gasteiger partial charge in [-0.1, -0.05) is 18.2 Å². The summed E-state index contributed by atoms with van der Waals surface area (Å²) in [5.74, 6) is 0. The minimum atomic E-state index is -3.58. The van der Waals surface area contributed by atoms with E-state index in [-0.39, 0.29) is 23.3 Å². The molecule has 5 nitrogen and oxygen atoms in total. The average molecular weight is 330 g/mol. The van der Waals surface area contributed by atoms with Crippen LogP contribution in [-0.4, -0.2) is 33.0 Å². The molecule has 0 radical (unpaired) electrons. The quantitative estimate of drug-likeness (QED) is 0.878. The Morgan fingerprint density at radius 3 is 2.67 bits per heavy atom. The number of benzene rings is 1. The van der Waals surface area contributed by atoms with E-state index in [2.05, 4.69) is 15.0 Å². The number of aryl methyl sites for hydroxylation is 1. The molecule has 0 saturated carbocycles. The van der Waals surface area contributed by atoms with Gasteiger partial charge in [-0.15, -0.1) is 12.4 Å². The van der Waals surface area contributed by atoms with Crippen LogP contribution < -0.4 is 10.0 Å². The average Bonchev–Trinajstić information content (AvgIpc) is 2.44. The van der Waals surface area contributed by atoms with Gasteiger partial charge in [-0.2, -0.15) is 0 Å². The maximum atomic E-state index is 12.5. The third kappa shape index (κ3) is 3.91. The molecule has 7 heteroatoms. The molecule has 1 atom stereocenters. The molecule has 0 fully saturated rings. The van der Waals surface area contributed by atoms with E-state index in [1.165, 1.54) is 0 Å². The standard InChI is InChI=1S/C14H19N3O2S.ClH/c1-10-6-7-12-5-4-8-16-13(12)14(10)20(18,19)17-9-11(2)15-3;/h4-8,11,15,17H,9H2,1-3H3;1H. The second-order valence-corrected chi connectivity index (χ2v) is 6.53. The summed E-state index contributed by atoms with van der Waals surface area (Å²) < 4.78 is 27.6. The van der Waals surface area contributed by atoms with E-state index < -0.39 is 10.0 Å². The van der Waals surface area contributed by atoms with E-state index >= 15 is 0 Å². The normalized spacial score (nSPS) is 12.9. The molecule has 0 aliphatic rings. The Labute approximate surface area is 131 Å². The van der Waals surface area contributed by atoms with Gasteiger partial charge in [0.2, 0.25) is 10.0 Å². The van der Waals surface area contributed by atoms with Crippen molar-refractivity contribution in [3.63, 3.8) is 0 Å². The highest BCUT2D eigenvalue weighted by Crippen LogP contribution is 2.24. The number of hydrogen-bond acceptors (Lipinski definition) is 4. The Morgan fingerprint density at radius 1 is 1.29 bits per heavy atom. The van der Waals surface area contributed by atoms with Crippen molar-refractivity contribution in [2.24, 2.45) is 0 Å². The number of nitrogens with one attached hydrogen (secondary N) is 2. The number of hydrogen-bond donors (Lipinski definition) is 2. The molecule has 2 rings (SSSR count). The zero-order chi connectivity index (χ0) is 14.8. The Bertz CT molecular complexity index is 719. The summed E-state index contributed by atoms with van der Waals surface area (Å²) in [5.41, 5.74) is 1.21. The number of aromatic nitrogens is 1. The van der Waals surface area contributed by atoms with Gasteiger partial charge in [-0.05, 0) is 32.5 Å². The Hall–Kier alpha value is -1.21. The molecule has 21 heavy (non-hydrogen) atoms. The SMILES string of the molecule is CNC(C)CNS(=O)(=O)c1c(C)ccc2cccnc12.Cl. The lowest BCUT2D eigenvalue weighted by molar-refractivity contribution is 0.554. The molecule has 1 aromatic heterocycles. The summed E-state index contributed by atoms with van der Waals surface area (Å²) in [5, 5.41) is 3.82. The van der Waals surface area contributed by atoms with Crippen molar-refractivity contribution < 1.29 is 8.42 Å². The van der Waals surface area contributed by atoms with Gasteiger partial charge < -0.3 is 5.32 Å². The number of likely N-dealkylation sites (N-methyl/N-ethyl adjacent to an activating group) is 1. The van der Waals surface area contributed by atoms with Crippen LogP contribution in [0.1, 0.15) is 12.5 Å². The van der Waals surface area contributed by atoms with Crippen LogP contribution >= 0.6 is 12.4 Å². The Balaban J connectivity index is 0.00000220. The molecule has 0 saturated heterocycles. The van der Waals surface area contributed by atoms with Crippen LogP contribution in [0.15, 0.2) is 35.4 Å². The third-order valence-corrected chi connectivity index (χ3v) is 4.87. The number of pyridine rings is 1. The fourth-order valence-electron chi connectivity index (χ4n) is 1.97. The molecule has 0 aliphatic heterocycles. The number of rotatable bonds is 5. The maximum Gasteiger partial charge on any atom is 0.243 e. The van der Waals surface area contributed by atoms with E-state index in [0.29, 0.717) is 17.6 Å². The molecule has 0 spiro atoms. The second-order valence-electron chi connectivity index (χ2n) is 4.83. The summed E-state index contributed by atoms with van der Waals surface area (Å²) >= 11 is 0. The molecule has 116 valence electrons. The number of fused-ring (bicyclic) bond motifs is 1. The van der Waals surface area contributed by atoms with Gasteiger partial charge in [0.15, 0.2) is 0 Å². The molecule has 2 N–H and O–H groups in total. The predicted molar refractivity (Wildman–Crippen MR) is 87.4 cm³/mol. The third-order valence-electron chi connectivity index (χ3n) is 3.27. The molecule has 0 aliphatic carbocycles. The number of nitrogens with zero attached hydrogens (tertiary/aromatic N) is 1. The molecular formula is C14H20ClN3O2S. The van der Waals surface area contributed by atoms with Gasteiger partial charge in [0, 0.05) is 24.2 Å². The first-order chi connectivity index (χ1) is 9.45. The van der Waals surface area contributed by atoms with Crippen LogP contribution in [-0.2, 0) is 10.0 Å². The van der Waals surface area contributed by atoms with Crippen LogP contribution in [0.4, 0.5) is 0 Å². The van der Waals surface area contributed by atoms with E-state index in [4.69, 9.17) is 0 Å². The lowest BCUT2D eigenvalue weighted by Crippen LogP contribution is -2.37. The largest absolute Gasteiger partial charge is 0.316 e. The van der Waals surface area contributed by atoms with Crippen LogP contribution in [0, 0.1) is 6.92 Å². The molecule has 1 unspecified atom stereocenters. The first kappa shape index (κ1) is 17.8. The minimum Gasteiger partial charge on any atom is -0.316 e. The first-order valence-corrected chi connectivity index (χ1v) is 7.95. The summed E-state index contributed by atoms with van der Waals surface area (Å²) in [6.45, 7) is 4.03. The smallest absolute Gasteiger partial charge is 0.243 e. The van der Waals surface area contributed by atoms with Crippen molar-refractivity contribution in [2.75, 3.05) is 13.6 Å². The molecular weight excluding hydrogens is 310 g/mol. The zero-order valence-electron chi connectivity index (χ0n) is 12.3. The van der Waals surface area contributed by atoms with Crippen molar-refractivity contribution in [1.29, 1.82) is 0 Å². The van der Waals surface area contributed by atoms with Crippen LogP contribution in [0.2, 0.25) is 0 Å². The van der Waals surface area contributed by atoms with Crippen molar-refractivity contribution in [3.05, 3.63) is 36.0 Å². The highest BCUT2D eigenvalue weighted by molar-refractivity contribution is 7.89. The predicted octanol–water partition coefficient (Wildman–Crippen LogP) is 1.85. The van der Waals surface area contributed by atoms with E-state index in [1.807, 2.05) is 19.1 Å². The monoisotopic (exact) mass is 329 g/mol. The van der Waals surface area contributed by atoms with Gasteiger partial charge in [0.25, 0.3) is 0 Å². The summed E-state index contributed by atoms with van der Waals surface area (Å²) in [6.07, 6.45) is 1.61. The minimum absolute atomic E-state index is 0. The summed E-state index contributed by atoms with van der Waals surface area (Å²) in [7, 11) is -1.78. The topological polar surface area (TPSA) is 71.1 Å². The molecule has 0 bridgehead atoms. The zero-order valence-corrected chi connectivity index (χ0v) is 13.9. The van der Waals surface area contributed by atoms with Gasteiger partial charge in [-0.25, -0.2) is 13.1 Å². The fraction of sp³-hybridized carbons (Fsp3) is 0.357. The Morgan fingerprint density at radius 2 is 2.00 bits per heavy atom. The van der Waals surface area contributed by atoms with E-state index in [1.54, 1.807) is 32.3 Å². The molecule has 1 aromatic carbocycles. The molecule has 1 heterocycles. The summed E-state index contributed by atoms with van der Waals surface area (Å²) in [6, 6.07) is 7.40. The highest BCUT2D eigenvalue weighted by atomic mass is 35.5. The first-order valence-electron chi connectivity index (χ1n) is 6.47. The van der Waals surface area contributed by atoms with Crippen molar-refractivity contribution >= 4 is 33.3 Å². The van der Waals surface area contributed by atoms with Gasteiger partial charge in [0.1, 0.15) is 4.90 Å². The molecule has 0 amide bonds. The lowest BCUT2D eigenvalue weighted by atomic mass is 10.1. The number of halogens is 1. The van der Waals surface area contributed by atoms with Crippen LogP contribution in [0.3, 0.4) is 0 Å². The molecule has 2 aromatic rings. The van der Waals surface area contributed by atoms with Crippen LogP contribution in [0.5, 0.6) is 0 Å². The van der Waals surface area contributed by atoms with Crippen molar-refractivity contribution in [3.8, 4) is 0 Å². The Kier molecular flexibility index (Phi) is 6.10. The van der Waals surface area contributed by atoms with Gasteiger partial charge >= 0.3 is 0 Å². The van der Waals surface area contributed by atoms with Gasteiger partial charge in [-0.3, -0.25) is 4.98 Å². The second kappa shape index (κ2) is 7.17. The maximum absolute atomic E-state index is 12.5. The van der Waals surface area contributed by atoms with Crippen LogP contribution in [0.25, 0.3) is 10.9 Å². The van der Waals surface area contributed by atoms with E-state index in [9.17, 15) is 8.42 Å². The van der Waals surface area contributed by atoms with Crippen molar-refractivity contribution in [2.45, 2.75) is 24.8 Å². The highest BCUT2D eigenvalue weighted by Gasteiger charge is 2.21. The van der Waals surface area contributed by atoms with E-state index in [0.717, 1.165) is 5.39 Å². The van der Waals surface area contributed by atoms with Crippen molar-refractivity contribution in [1.82, 2.24) is 15.0 Å². The fourth-order valence-corrected chi connectivity index (χ4v) is 3.50. The summed E-state index contributed by atoms with van der Waals surface area (Å²) in [4.78, 5) is 4.48. The lowest BCUT2D eigenvalue weighted by Gasteiger charge is -2.14. The van der Waals surface area contributed by atoms with Gasteiger partial charge in [0.05, 0.1) is 5.52 Å². The number of sulfonamides is 1.